The van der Waals surface area contributed by atoms with Crippen LogP contribution in [0.5, 0.6) is 0 Å². The Morgan fingerprint density at radius 2 is 1.83 bits per heavy atom. The third-order valence-corrected chi connectivity index (χ3v) is 6.91. The number of Topliss-reactive ketones (excluding diaryl/α,β-unsaturated/α-hetero) is 1. The molecule has 0 radical (unpaired) electrons. The molecule has 2 heterocycles. The van der Waals surface area contributed by atoms with Gasteiger partial charge in [-0.15, -0.1) is 11.3 Å². The molecular weight excluding hydrogens is 407 g/mol. The number of anilines is 2. The zero-order valence-electron chi connectivity index (χ0n) is 15.4. The molecular formula is C23H18ClFN2OS. The van der Waals surface area contributed by atoms with Crippen molar-refractivity contribution in [3.63, 3.8) is 0 Å². The summed E-state index contributed by atoms with van der Waals surface area (Å²) in [6, 6.07) is 15.8. The Hall–Kier alpha value is -2.63. The molecule has 6 heteroatoms. The van der Waals surface area contributed by atoms with Crippen LogP contribution in [0.2, 0.25) is 5.02 Å². The quantitative estimate of drug-likeness (QED) is 0.492. The van der Waals surface area contributed by atoms with Crippen LogP contribution in [0.15, 0.2) is 71.2 Å². The van der Waals surface area contributed by atoms with Gasteiger partial charge in [-0.05, 0) is 42.1 Å². The molecule has 2 atom stereocenters. The summed E-state index contributed by atoms with van der Waals surface area (Å²) in [4.78, 5) is 14.5. The number of hydrogen-bond donors (Lipinski definition) is 2. The molecule has 146 valence electrons. The Kier molecular flexibility index (Phi) is 4.64. The van der Waals surface area contributed by atoms with Gasteiger partial charge in [-0.2, -0.15) is 0 Å². The average Bonchev–Trinajstić information content (AvgIpc) is 3.18. The van der Waals surface area contributed by atoms with E-state index in [9.17, 15) is 9.18 Å². The minimum absolute atomic E-state index is 0.0155. The Bertz CT molecular complexity index is 1110. The lowest BCUT2D eigenvalue weighted by Gasteiger charge is -2.29. The van der Waals surface area contributed by atoms with Gasteiger partial charge in [-0.25, -0.2) is 4.39 Å². The first-order valence-electron chi connectivity index (χ1n) is 9.48. The minimum atomic E-state index is -0.647. The van der Waals surface area contributed by atoms with Gasteiger partial charge in [-0.3, -0.25) is 4.79 Å². The average molecular weight is 425 g/mol. The van der Waals surface area contributed by atoms with E-state index in [4.69, 9.17) is 11.6 Å². The highest BCUT2D eigenvalue weighted by molar-refractivity contribution is 7.10. The van der Waals surface area contributed by atoms with Gasteiger partial charge in [0.15, 0.2) is 5.78 Å². The second-order valence-electron chi connectivity index (χ2n) is 7.32. The molecule has 0 saturated carbocycles. The molecule has 2 aliphatic rings. The lowest BCUT2D eigenvalue weighted by molar-refractivity contribution is -0.116. The van der Waals surface area contributed by atoms with Crippen LogP contribution in [0.1, 0.15) is 35.2 Å². The van der Waals surface area contributed by atoms with E-state index in [1.165, 1.54) is 10.9 Å². The minimum Gasteiger partial charge on any atom is -0.372 e. The van der Waals surface area contributed by atoms with Crippen molar-refractivity contribution in [2.24, 2.45) is 0 Å². The maximum atomic E-state index is 14.9. The number of thiophene rings is 1. The van der Waals surface area contributed by atoms with Crippen molar-refractivity contribution in [2.45, 2.75) is 24.8 Å². The number of halogens is 2. The molecule has 0 saturated heterocycles. The summed E-state index contributed by atoms with van der Waals surface area (Å²) in [6.45, 7) is 0. The first kappa shape index (κ1) is 18.4. The summed E-state index contributed by atoms with van der Waals surface area (Å²) in [5, 5.41) is 9.17. The van der Waals surface area contributed by atoms with Crippen molar-refractivity contribution < 1.29 is 9.18 Å². The zero-order valence-corrected chi connectivity index (χ0v) is 17.0. The fourth-order valence-corrected chi connectivity index (χ4v) is 5.32. The Balaban J connectivity index is 1.67. The molecule has 0 spiro atoms. The van der Waals surface area contributed by atoms with Crippen molar-refractivity contribution in [1.82, 2.24) is 0 Å². The molecule has 1 aromatic heterocycles. The molecule has 0 unspecified atom stereocenters. The normalized spacial score (nSPS) is 21.0. The van der Waals surface area contributed by atoms with Crippen molar-refractivity contribution >= 4 is 40.1 Å². The molecule has 0 fully saturated rings. The number of rotatable bonds is 2. The number of hydrogen-bond acceptors (Lipinski definition) is 4. The van der Waals surface area contributed by atoms with E-state index in [2.05, 4.69) is 16.7 Å². The first-order chi connectivity index (χ1) is 14.1. The summed E-state index contributed by atoms with van der Waals surface area (Å²) in [7, 11) is 0. The number of carbonyl (C=O) groups is 1. The summed E-state index contributed by atoms with van der Waals surface area (Å²) in [6.07, 6.45) is 1.10. The smallest absolute Gasteiger partial charge is 0.163 e. The van der Waals surface area contributed by atoms with Crippen LogP contribution in [0, 0.1) is 5.82 Å². The lowest BCUT2D eigenvalue weighted by atomic mass is 9.80. The van der Waals surface area contributed by atoms with Gasteiger partial charge in [0.05, 0.1) is 17.4 Å². The second kappa shape index (κ2) is 7.32. The maximum Gasteiger partial charge on any atom is 0.163 e. The third-order valence-electron chi connectivity index (χ3n) is 5.54. The SMILES string of the molecule is O=C1C[C@@H](c2cccs2)CC2=C1[C@H](c1c(F)cccc1Cl)Nc1ccccc1N2. The highest BCUT2D eigenvalue weighted by atomic mass is 35.5. The molecule has 5 rings (SSSR count). The summed E-state index contributed by atoms with van der Waals surface area (Å²) in [5.74, 6) is -0.285. The Morgan fingerprint density at radius 3 is 2.59 bits per heavy atom. The fraction of sp³-hybridized carbons (Fsp3) is 0.174. The molecule has 1 aliphatic heterocycles. The number of carbonyl (C=O) groups excluding carboxylic acids is 1. The molecule has 3 aromatic rings. The largest absolute Gasteiger partial charge is 0.372 e. The van der Waals surface area contributed by atoms with E-state index < -0.39 is 11.9 Å². The summed E-state index contributed by atoms with van der Waals surface area (Å²) in [5.41, 5.74) is 3.40. The van der Waals surface area contributed by atoms with E-state index in [-0.39, 0.29) is 11.7 Å². The predicted molar refractivity (Wildman–Crippen MR) is 116 cm³/mol. The number of allylic oxidation sites excluding steroid dienone is 1. The standard InChI is InChI=1S/C23H18ClFN2OS/c24-14-5-3-6-15(25)21(14)23-22-18(26-16-7-1-2-8-17(16)27-23)11-13(12-19(22)28)20-9-4-10-29-20/h1-10,13,23,26-27H,11-12H2/t13-,23-/m0/s1. The molecule has 29 heavy (non-hydrogen) atoms. The van der Waals surface area contributed by atoms with Crippen molar-refractivity contribution in [2.75, 3.05) is 10.6 Å². The highest BCUT2D eigenvalue weighted by Gasteiger charge is 2.37. The Labute approximate surface area is 177 Å². The molecule has 1 aliphatic carbocycles. The van der Waals surface area contributed by atoms with E-state index in [0.717, 1.165) is 17.1 Å². The van der Waals surface area contributed by atoms with E-state index >= 15 is 0 Å². The number of para-hydroxylation sites is 2. The molecule has 0 amide bonds. The van der Waals surface area contributed by atoms with Gasteiger partial charge in [0.25, 0.3) is 0 Å². The first-order valence-corrected chi connectivity index (χ1v) is 10.7. The van der Waals surface area contributed by atoms with E-state index in [0.29, 0.717) is 29.0 Å². The van der Waals surface area contributed by atoms with Gasteiger partial charge in [-0.1, -0.05) is 35.9 Å². The highest BCUT2D eigenvalue weighted by Crippen LogP contribution is 2.46. The van der Waals surface area contributed by atoms with Gasteiger partial charge in [0.2, 0.25) is 0 Å². The van der Waals surface area contributed by atoms with Crippen LogP contribution >= 0.6 is 22.9 Å². The van der Waals surface area contributed by atoms with Crippen LogP contribution in [-0.4, -0.2) is 5.78 Å². The van der Waals surface area contributed by atoms with Crippen LogP contribution in [0.4, 0.5) is 15.8 Å². The zero-order chi connectivity index (χ0) is 20.0. The van der Waals surface area contributed by atoms with Crippen LogP contribution in [-0.2, 0) is 4.79 Å². The van der Waals surface area contributed by atoms with Crippen LogP contribution < -0.4 is 10.6 Å². The van der Waals surface area contributed by atoms with Crippen LogP contribution in [0.3, 0.4) is 0 Å². The second-order valence-corrected chi connectivity index (χ2v) is 8.71. The number of ketones is 1. The predicted octanol–water partition coefficient (Wildman–Crippen LogP) is 6.52. The van der Waals surface area contributed by atoms with Crippen molar-refractivity contribution in [1.29, 1.82) is 0 Å². The number of benzene rings is 2. The van der Waals surface area contributed by atoms with E-state index in [1.807, 2.05) is 35.7 Å². The van der Waals surface area contributed by atoms with E-state index in [1.54, 1.807) is 23.5 Å². The van der Waals surface area contributed by atoms with Crippen LogP contribution in [0.25, 0.3) is 0 Å². The number of fused-ring (bicyclic) bond motifs is 1. The summed E-state index contributed by atoms with van der Waals surface area (Å²) >= 11 is 8.06. The lowest BCUT2D eigenvalue weighted by Crippen LogP contribution is -2.27. The Morgan fingerprint density at radius 1 is 1.00 bits per heavy atom. The topological polar surface area (TPSA) is 41.1 Å². The third kappa shape index (κ3) is 3.24. The fourth-order valence-electron chi connectivity index (χ4n) is 4.22. The van der Waals surface area contributed by atoms with Crippen molar-refractivity contribution in [3.05, 3.63) is 92.5 Å². The molecule has 2 aromatic carbocycles. The molecule has 0 bridgehead atoms. The molecule has 3 nitrogen and oxygen atoms in total. The van der Waals surface area contributed by atoms with Gasteiger partial charge in [0, 0.05) is 39.1 Å². The monoisotopic (exact) mass is 424 g/mol. The van der Waals surface area contributed by atoms with Gasteiger partial charge in [0.1, 0.15) is 5.82 Å². The van der Waals surface area contributed by atoms with Gasteiger partial charge >= 0.3 is 0 Å². The van der Waals surface area contributed by atoms with Gasteiger partial charge < -0.3 is 10.6 Å². The summed E-state index contributed by atoms with van der Waals surface area (Å²) < 4.78 is 14.9. The maximum absolute atomic E-state index is 14.9. The van der Waals surface area contributed by atoms with Crippen molar-refractivity contribution in [3.8, 4) is 0 Å². The molecule has 2 N–H and O–H groups in total. The number of nitrogens with one attached hydrogen (secondary N) is 2.